The van der Waals surface area contributed by atoms with Gasteiger partial charge in [-0.2, -0.15) is 5.10 Å². The molecule has 5 heteroatoms. The standard InChI is InChI=1S/C21H28N4O/c1-5-19(26)25(4)14-7-6-13-10-17(22-16(13)11-14)20-15-8-9-21(2,3)12-18(15)23-24-20/h6-7,10-11,19,22,26H,5,8-9,12H2,1-4H3,(H,23,24). The Morgan fingerprint density at radius 3 is 2.88 bits per heavy atom. The van der Waals surface area contributed by atoms with Crippen molar-refractivity contribution in [3.05, 3.63) is 35.5 Å². The number of hydrogen-bond donors (Lipinski definition) is 3. The number of nitrogens with zero attached hydrogens (tertiary/aromatic N) is 2. The third-order valence-corrected chi connectivity index (χ3v) is 5.74. The molecule has 2 heterocycles. The summed E-state index contributed by atoms with van der Waals surface area (Å²) in [5.74, 6) is 0. The van der Waals surface area contributed by atoms with E-state index in [9.17, 15) is 5.11 Å². The van der Waals surface area contributed by atoms with E-state index < -0.39 is 6.23 Å². The van der Waals surface area contributed by atoms with Crippen LogP contribution in [0.15, 0.2) is 24.3 Å². The molecule has 0 bridgehead atoms. The van der Waals surface area contributed by atoms with Gasteiger partial charge in [-0.05, 0) is 49.3 Å². The lowest BCUT2D eigenvalue weighted by atomic mass is 9.76. The number of aliphatic hydroxyl groups is 1. The summed E-state index contributed by atoms with van der Waals surface area (Å²) in [5.41, 5.74) is 7.17. The van der Waals surface area contributed by atoms with Crippen LogP contribution < -0.4 is 4.90 Å². The van der Waals surface area contributed by atoms with Crippen molar-refractivity contribution >= 4 is 16.6 Å². The number of H-pyrrole nitrogens is 2. The Morgan fingerprint density at radius 1 is 1.31 bits per heavy atom. The Hall–Kier alpha value is -2.27. The van der Waals surface area contributed by atoms with E-state index in [1.807, 2.05) is 18.9 Å². The van der Waals surface area contributed by atoms with Crippen molar-refractivity contribution in [1.82, 2.24) is 15.2 Å². The summed E-state index contributed by atoms with van der Waals surface area (Å²) in [4.78, 5) is 5.43. The van der Waals surface area contributed by atoms with Gasteiger partial charge in [0.05, 0.1) is 5.69 Å². The quantitative estimate of drug-likeness (QED) is 0.615. The van der Waals surface area contributed by atoms with Crippen LogP contribution in [0.3, 0.4) is 0 Å². The van der Waals surface area contributed by atoms with Gasteiger partial charge >= 0.3 is 0 Å². The van der Waals surface area contributed by atoms with Crippen molar-refractivity contribution in [3.8, 4) is 11.4 Å². The van der Waals surface area contributed by atoms with E-state index in [0.29, 0.717) is 11.8 Å². The second kappa shape index (κ2) is 6.16. The van der Waals surface area contributed by atoms with Crippen molar-refractivity contribution < 1.29 is 5.11 Å². The summed E-state index contributed by atoms with van der Waals surface area (Å²) in [6.45, 7) is 6.62. The Labute approximate surface area is 154 Å². The Morgan fingerprint density at radius 2 is 2.12 bits per heavy atom. The van der Waals surface area contributed by atoms with Gasteiger partial charge in [-0.15, -0.1) is 0 Å². The number of nitrogens with one attached hydrogen (secondary N) is 2. The maximum Gasteiger partial charge on any atom is 0.126 e. The molecule has 5 nitrogen and oxygen atoms in total. The predicted molar refractivity (Wildman–Crippen MR) is 106 cm³/mol. The van der Waals surface area contributed by atoms with Crippen LogP contribution in [0.4, 0.5) is 5.69 Å². The number of fused-ring (bicyclic) bond motifs is 2. The highest BCUT2D eigenvalue weighted by Crippen LogP contribution is 2.38. The van der Waals surface area contributed by atoms with Crippen LogP contribution in [0.25, 0.3) is 22.3 Å². The first-order valence-electron chi connectivity index (χ1n) is 9.48. The maximum absolute atomic E-state index is 10.1. The SMILES string of the molecule is CCC(O)N(C)c1ccc2cc(-c3n[nH]c4c3CCC(C)(C)C4)[nH]c2c1. The summed E-state index contributed by atoms with van der Waals surface area (Å²) < 4.78 is 0. The van der Waals surface area contributed by atoms with Crippen LogP contribution in [0, 0.1) is 5.41 Å². The molecule has 4 rings (SSSR count). The molecule has 138 valence electrons. The average Bonchev–Trinajstić information content (AvgIpc) is 3.21. The fourth-order valence-electron chi connectivity index (χ4n) is 3.98. The average molecular weight is 352 g/mol. The van der Waals surface area contributed by atoms with E-state index in [0.717, 1.165) is 40.8 Å². The Balaban J connectivity index is 1.70. The molecule has 0 spiro atoms. The molecule has 0 aliphatic heterocycles. The van der Waals surface area contributed by atoms with Crippen molar-refractivity contribution in [2.24, 2.45) is 5.41 Å². The summed E-state index contributed by atoms with van der Waals surface area (Å²) in [7, 11) is 1.92. The molecule has 1 unspecified atom stereocenters. The molecule has 1 atom stereocenters. The first kappa shape index (κ1) is 17.2. The van der Waals surface area contributed by atoms with Gasteiger partial charge < -0.3 is 15.0 Å². The largest absolute Gasteiger partial charge is 0.374 e. The van der Waals surface area contributed by atoms with E-state index in [1.54, 1.807) is 0 Å². The topological polar surface area (TPSA) is 67.9 Å². The van der Waals surface area contributed by atoms with Crippen LogP contribution in [0.2, 0.25) is 0 Å². The van der Waals surface area contributed by atoms with E-state index in [1.165, 1.54) is 17.7 Å². The van der Waals surface area contributed by atoms with Crippen LogP contribution in [0.5, 0.6) is 0 Å². The minimum Gasteiger partial charge on any atom is -0.374 e. The lowest BCUT2D eigenvalue weighted by Gasteiger charge is -2.28. The van der Waals surface area contributed by atoms with Gasteiger partial charge in [-0.1, -0.05) is 26.8 Å². The van der Waals surface area contributed by atoms with Gasteiger partial charge in [0, 0.05) is 34.9 Å². The second-order valence-corrected chi connectivity index (χ2v) is 8.32. The zero-order chi connectivity index (χ0) is 18.5. The van der Waals surface area contributed by atoms with E-state index in [4.69, 9.17) is 0 Å². The van der Waals surface area contributed by atoms with Crippen LogP contribution in [-0.4, -0.2) is 33.6 Å². The van der Waals surface area contributed by atoms with Crippen molar-refractivity contribution in [2.45, 2.75) is 52.7 Å². The minimum absolute atomic E-state index is 0.344. The molecular weight excluding hydrogens is 324 g/mol. The van der Waals surface area contributed by atoms with Crippen LogP contribution in [-0.2, 0) is 12.8 Å². The zero-order valence-electron chi connectivity index (χ0n) is 16.1. The number of benzene rings is 1. The number of hydrogen-bond acceptors (Lipinski definition) is 3. The Bertz CT molecular complexity index is 937. The number of aromatic amines is 2. The van der Waals surface area contributed by atoms with Gasteiger partial charge in [0.2, 0.25) is 0 Å². The maximum atomic E-state index is 10.1. The fraction of sp³-hybridized carbons (Fsp3) is 0.476. The highest BCUT2D eigenvalue weighted by atomic mass is 16.3. The summed E-state index contributed by atoms with van der Waals surface area (Å²) >= 11 is 0. The first-order chi connectivity index (χ1) is 12.4. The van der Waals surface area contributed by atoms with Gasteiger partial charge in [-0.3, -0.25) is 5.10 Å². The van der Waals surface area contributed by atoms with E-state index >= 15 is 0 Å². The van der Waals surface area contributed by atoms with Gasteiger partial charge in [0.15, 0.2) is 0 Å². The molecular formula is C21H28N4O. The molecule has 26 heavy (non-hydrogen) atoms. The molecule has 3 N–H and O–H groups in total. The highest BCUT2D eigenvalue weighted by molar-refractivity contribution is 5.88. The fourth-order valence-corrected chi connectivity index (χ4v) is 3.98. The molecule has 1 aliphatic rings. The molecule has 0 saturated carbocycles. The van der Waals surface area contributed by atoms with Gasteiger partial charge in [0.1, 0.15) is 11.9 Å². The Kier molecular flexibility index (Phi) is 4.07. The van der Waals surface area contributed by atoms with Crippen molar-refractivity contribution in [3.63, 3.8) is 0 Å². The summed E-state index contributed by atoms with van der Waals surface area (Å²) in [6, 6.07) is 8.43. The molecule has 3 aromatic rings. The number of anilines is 1. The lowest BCUT2D eigenvalue weighted by molar-refractivity contribution is 0.171. The molecule has 1 aromatic carbocycles. The third kappa shape index (κ3) is 2.90. The van der Waals surface area contributed by atoms with E-state index in [2.05, 4.69) is 53.3 Å². The van der Waals surface area contributed by atoms with Gasteiger partial charge in [-0.25, -0.2) is 0 Å². The molecule has 0 saturated heterocycles. The number of rotatable bonds is 4. The summed E-state index contributed by atoms with van der Waals surface area (Å²) in [5, 5.41) is 19.1. The van der Waals surface area contributed by atoms with Crippen LogP contribution in [0.1, 0.15) is 44.9 Å². The third-order valence-electron chi connectivity index (χ3n) is 5.74. The zero-order valence-corrected chi connectivity index (χ0v) is 16.1. The second-order valence-electron chi connectivity index (χ2n) is 8.32. The minimum atomic E-state index is -0.469. The highest BCUT2D eigenvalue weighted by Gasteiger charge is 2.29. The molecule has 0 radical (unpaired) electrons. The molecule has 1 aliphatic carbocycles. The van der Waals surface area contributed by atoms with Crippen molar-refractivity contribution in [1.29, 1.82) is 0 Å². The van der Waals surface area contributed by atoms with Gasteiger partial charge in [0.25, 0.3) is 0 Å². The smallest absolute Gasteiger partial charge is 0.126 e. The molecule has 2 aromatic heterocycles. The van der Waals surface area contributed by atoms with Crippen LogP contribution >= 0.6 is 0 Å². The van der Waals surface area contributed by atoms with E-state index in [-0.39, 0.29) is 0 Å². The normalized spacial score (nSPS) is 17.3. The predicted octanol–water partition coefficient (Wildman–Crippen LogP) is 4.24. The molecule has 0 amide bonds. The number of aliphatic hydroxyl groups excluding tert-OH is 1. The monoisotopic (exact) mass is 352 g/mol. The lowest BCUT2D eigenvalue weighted by Crippen LogP contribution is -2.30. The molecule has 0 fully saturated rings. The summed E-state index contributed by atoms with van der Waals surface area (Å²) in [6.07, 6.45) is 3.54. The van der Waals surface area contributed by atoms with Crippen molar-refractivity contribution in [2.75, 3.05) is 11.9 Å². The first-order valence-corrected chi connectivity index (χ1v) is 9.48. The number of aromatic nitrogens is 3.